The van der Waals surface area contributed by atoms with E-state index < -0.39 is 0 Å². The van der Waals surface area contributed by atoms with Gasteiger partial charge in [-0.05, 0) is 50.7 Å². The highest BCUT2D eigenvalue weighted by Gasteiger charge is 2.38. The van der Waals surface area contributed by atoms with Gasteiger partial charge in [0, 0.05) is 37.3 Å². The Bertz CT molecular complexity index is 914. The van der Waals surface area contributed by atoms with Crippen LogP contribution in [0.2, 0.25) is 0 Å². The highest BCUT2D eigenvalue weighted by atomic mass is 32.1. The van der Waals surface area contributed by atoms with Crippen LogP contribution in [0.5, 0.6) is 0 Å². The topological polar surface area (TPSA) is 64.6 Å². The molecular weight excluding hydrogens is 384 g/mol. The molecule has 154 valence electrons. The maximum absolute atomic E-state index is 13.3. The van der Waals surface area contributed by atoms with Gasteiger partial charge in [-0.25, -0.2) is 14.8 Å². The van der Waals surface area contributed by atoms with E-state index in [2.05, 4.69) is 39.2 Å². The van der Waals surface area contributed by atoms with Gasteiger partial charge in [0.25, 0.3) is 0 Å². The Morgan fingerprint density at radius 3 is 2.79 bits per heavy atom. The Hall–Kier alpha value is -2.35. The van der Waals surface area contributed by atoms with E-state index in [9.17, 15) is 4.79 Å². The lowest BCUT2D eigenvalue weighted by atomic mass is 9.99. The molecule has 3 aliphatic heterocycles. The zero-order chi connectivity index (χ0) is 20.0. The number of nitrogens with zero attached hydrogens (tertiary/aromatic N) is 5. The number of amides is 2. The Labute approximate surface area is 175 Å². The van der Waals surface area contributed by atoms with Gasteiger partial charge in [0.05, 0.1) is 11.7 Å². The van der Waals surface area contributed by atoms with Gasteiger partial charge in [-0.2, -0.15) is 0 Å². The number of anilines is 4. The molecule has 0 saturated carbocycles. The van der Waals surface area contributed by atoms with Crippen molar-refractivity contribution in [2.24, 2.45) is 5.92 Å². The summed E-state index contributed by atoms with van der Waals surface area (Å²) in [5.41, 5.74) is 1.07. The molecule has 1 unspecified atom stereocenters. The van der Waals surface area contributed by atoms with Crippen LogP contribution < -0.4 is 20.0 Å². The lowest BCUT2D eigenvalue weighted by molar-refractivity contribution is 0.252. The number of urea groups is 1. The van der Waals surface area contributed by atoms with Gasteiger partial charge in [0.1, 0.15) is 5.82 Å². The SMILES string of the molecule is Cc1cnc(NC(=O)N2c3nc(N4CCCC(C)C4)ccc3N3CCC[C@H]2C3)s1. The van der Waals surface area contributed by atoms with Gasteiger partial charge >= 0.3 is 6.03 Å². The summed E-state index contributed by atoms with van der Waals surface area (Å²) in [6.45, 7) is 8.27. The van der Waals surface area contributed by atoms with E-state index in [4.69, 9.17) is 4.98 Å². The molecule has 5 heterocycles. The predicted molar refractivity (Wildman–Crippen MR) is 118 cm³/mol. The molecule has 1 N–H and O–H groups in total. The number of carbonyl (C=O) groups is 1. The van der Waals surface area contributed by atoms with E-state index >= 15 is 0 Å². The quantitative estimate of drug-likeness (QED) is 0.804. The van der Waals surface area contributed by atoms with Crippen LogP contribution in [0.3, 0.4) is 0 Å². The summed E-state index contributed by atoms with van der Waals surface area (Å²) in [6, 6.07) is 4.32. The molecule has 2 aromatic heterocycles. The largest absolute Gasteiger partial charge is 0.366 e. The van der Waals surface area contributed by atoms with E-state index in [-0.39, 0.29) is 12.1 Å². The first-order valence-electron chi connectivity index (χ1n) is 10.6. The first kappa shape index (κ1) is 18.7. The fraction of sp³-hybridized carbons (Fsp3) is 0.571. The van der Waals surface area contributed by atoms with Crippen molar-refractivity contribution in [2.75, 3.05) is 46.2 Å². The van der Waals surface area contributed by atoms with Crippen molar-refractivity contribution in [1.82, 2.24) is 9.97 Å². The number of aryl methyl sites for hydroxylation is 1. The summed E-state index contributed by atoms with van der Waals surface area (Å²) in [6.07, 6.45) is 6.37. The minimum Gasteiger partial charge on any atom is -0.366 e. The molecule has 8 heteroatoms. The van der Waals surface area contributed by atoms with E-state index in [1.807, 2.05) is 11.8 Å². The lowest BCUT2D eigenvalue weighted by Gasteiger charge is -2.46. The maximum Gasteiger partial charge on any atom is 0.329 e. The molecule has 2 fully saturated rings. The van der Waals surface area contributed by atoms with Gasteiger partial charge in [-0.15, -0.1) is 11.3 Å². The number of thiazole rings is 1. The number of carbonyl (C=O) groups excluding carboxylic acids is 1. The number of hydrogen-bond acceptors (Lipinski definition) is 6. The maximum atomic E-state index is 13.3. The summed E-state index contributed by atoms with van der Waals surface area (Å²) in [5.74, 6) is 2.46. The van der Waals surface area contributed by atoms with Gasteiger partial charge in [0.2, 0.25) is 0 Å². The zero-order valence-electron chi connectivity index (χ0n) is 17.1. The number of piperidine rings is 2. The Morgan fingerprint density at radius 2 is 2.00 bits per heavy atom. The van der Waals surface area contributed by atoms with Crippen LogP contribution in [0, 0.1) is 12.8 Å². The van der Waals surface area contributed by atoms with Crippen molar-refractivity contribution in [3.63, 3.8) is 0 Å². The van der Waals surface area contributed by atoms with Gasteiger partial charge < -0.3 is 9.80 Å². The highest BCUT2D eigenvalue weighted by molar-refractivity contribution is 7.15. The highest BCUT2D eigenvalue weighted by Crippen LogP contribution is 2.40. The molecule has 2 aromatic rings. The van der Waals surface area contributed by atoms with E-state index in [1.165, 1.54) is 24.2 Å². The minimum absolute atomic E-state index is 0.121. The molecule has 2 atom stereocenters. The zero-order valence-corrected chi connectivity index (χ0v) is 17.9. The van der Waals surface area contributed by atoms with Crippen molar-refractivity contribution in [3.8, 4) is 0 Å². The average molecular weight is 413 g/mol. The van der Waals surface area contributed by atoms with Gasteiger partial charge in [0.15, 0.2) is 10.9 Å². The average Bonchev–Trinajstić information content (AvgIpc) is 3.12. The number of fused-ring (bicyclic) bond motifs is 4. The Balaban J connectivity index is 1.49. The third-order valence-corrected chi connectivity index (χ3v) is 7.03. The normalized spacial score (nSPS) is 23.7. The molecule has 0 aromatic carbocycles. The second kappa shape index (κ2) is 7.48. The second-order valence-electron chi connectivity index (χ2n) is 8.52. The van der Waals surface area contributed by atoms with Crippen LogP contribution in [-0.4, -0.2) is 48.2 Å². The molecule has 2 bridgehead atoms. The van der Waals surface area contributed by atoms with Crippen molar-refractivity contribution in [2.45, 2.75) is 45.6 Å². The third-order valence-electron chi connectivity index (χ3n) is 6.21. The molecule has 5 rings (SSSR count). The smallest absolute Gasteiger partial charge is 0.329 e. The summed E-state index contributed by atoms with van der Waals surface area (Å²) < 4.78 is 0. The fourth-order valence-electron chi connectivity index (χ4n) is 4.81. The third kappa shape index (κ3) is 3.54. The fourth-order valence-corrected chi connectivity index (χ4v) is 5.47. The van der Waals surface area contributed by atoms with Crippen molar-refractivity contribution in [3.05, 3.63) is 23.2 Å². The summed E-state index contributed by atoms with van der Waals surface area (Å²) in [4.78, 5) is 30.4. The Kier molecular flexibility index (Phi) is 4.81. The van der Waals surface area contributed by atoms with Crippen LogP contribution in [0.4, 0.5) is 27.2 Å². The molecule has 2 saturated heterocycles. The molecule has 3 aliphatic rings. The number of nitrogens with one attached hydrogen (secondary N) is 1. The molecule has 29 heavy (non-hydrogen) atoms. The molecule has 0 radical (unpaired) electrons. The van der Waals surface area contributed by atoms with Gasteiger partial charge in [-0.1, -0.05) is 6.92 Å². The number of pyridine rings is 1. The Morgan fingerprint density at radius 1 is 1.17 bits per heavy atom. The standard InChI is InChI=1S/C21H28N6OS/c1-14-5-3-10-26(12-14)18-8-7-17-19(23-18)27(16-6-4-9-25(17)13-16)21(28)24-20-22-11-15(2)29-20/h7-8,11,14,16H,3-6,9-10,12-13H2,1-2H3,(H,22,24,28)/t14?,16-/m0/s1. The van der Waals surface area contributed by atoms with Crippen LogP contribution in [0.15, 0.2) is 18.3 Å². The summed E-state index contributed by atoms with van der Waals surface area (Å²) >= 11 is 1.50. The first-order valence-corrected chi connectivity index (χ1v) is 11.4. The van der Waals surface area contributed by atoms with E-state index in [0.717, 1.165) is 61.2 Å². The van der Waals surface area contributed by atoms with Crippen molar-refractivity contribution < 1.29 is 4.79 Å². The molecular formula is C21H28N6OS. The number of hydrogen-bond donors (Lipinski definition) is 1. The van der Waals surface area contributed by atoms with E-state index in [1.54, 1.807) is 6.20 Å². The van der Waals surface area contributed by atoms with Crippen molar-refractivity contribution >= 4 is 39.8 Å². The summed E-state index contributed by atoms with van der Waals surface area (Å²) in [7, 11) is 0. The molecule has 0 aliphatic carbocycles. The molecule has 2 amide bonds. The first-order chi connectivity index (χ1) is 14.1. The molecule has 7 nitrogen and oxygen atoms in total. The van der Waals surface area contributed by atoms with Gasteiger partial charge in [-0.3, -0.25) is 10.2 Å². The number of rotatable bonds is 2. The summed E-state index contributed by atoms with van der Waals surface area (Å²) in [5, 5.41) is 3.65. The van der Waals surface area contributed by atoms with Crippen LogP contribution in [-0.2, 0) is 0 Å². The van der Waals surface area contributed by atoms with Crippen LogP contribution in [0.1, 0.15) is 37.5 Å². The second-order valence-corrected chi connectivity index (χ2v) is 9.76. The van der Waals surface area contributed by atoms with Crippen LogP contribution in [0.25, 0.3) is 0 Å². The minimum atomic E-state index is -0.121. The molecule has 0 spiro atoms. The van der Waals surface area contributed by atoms with E-state index in [0.29, 0.717) is 11.0 Å². The lowest BCUT2D eigenvalue weighted by Crippen LogP contribution is -2.56. The monoisotopic (exact) mass is 412 g/mol. The van der Waals surface area contributed by atoms with Crippen LogP contribution >= 0.6 is 11.3 Å². The number of aromatic nitrogens is 2. The van der Waals surface area contributed by atoms with Crippen molar-refractivity contribution in [1.29, 1.82) is 0 Å². The predicted octanol–water partition coefficient (Wildman–Crippen LogP) is 4.10.